The molecule has 0 aliphatic carbocycles. The maximum Gasteiger partial charge on any atom is 0.160 e. The third-order valence-electron chi connectivity index (χ3n) is 8.75. The predicted octanol–water partition coefficient (Wildman–Crippen LogP) is 10.9. The van der Waals surface area contributed by atoms with Gasteiger partial charge in [0.15, 0.2) is 5.82 Å². The van der Waals surface area contributed by atoms with Crippen LogP contribution < -0.4 is 4.90 Å². The highest BCUT2D eigenvalue weighted by Crippen LogP contribution is 2.48. The quantitative estimate of drug-likeness (QED) is 0.205. The molecule has 1 aliphatic heterocycles. The normalized spacial score (nSPS) is 11.9. The van der Waals surface area contributed by atoms with Crippen LogP contribution in [0.3, 0.4) is 0 Å². The van der Waals surface area contributed by atoms with Gasteiger partial charge in [0.05, 0.1) is 28.3 Å². The van der Waals surface area contributed by atoms with Crippen molar-refractivity contribution in [3.05, 3.63) is 170 Å². The lowest BCUT2D eigenvalue weighted by molar-refractivity contribution is 1.09. The molecule has 6 aromatic carbocycles. The number of benzene rings is 6. The molecular weight excluding hydrogens is 560 g/mol. The van der Waals surface area contributed by atoms with Crippen molar-refractivity contribution >= 4 is 28.1 Å². The third kappa shape index (κ3) is 4.31. The van der Waals surface area contributed by atoms with Crippen LogP contribution in [0.5, 0.6) is 0 Å². The number of anilines is 3. The maximum absolute atomic E-state index is 5.06. The van der Waals surface area contributed by atoms with E-state index in [9.17, 15) is 0 Å². The number of aromatic nitrogens is 3. The first-order valence-electron chi connectivity index (χ1n) is 15.5. The Balaban J connectivity index is 1.21. The van der Waals surface area contributed by atoms with Crippen LogP contribution in [-0.2, 0) is 0 Å². The van der Waals surface area contributed by atoms with Gasteiger partial charge in [0.2, 0.25) is 0 Å². The number of hydrogen-bond donors (Lipinski definition) is 0. The molecule has 2 aromatic heterocycles. The Bertz CT molecular complexity index is 2300. The first-order valence-corrected chi connectivity index (χ1v) is 15.5. The summed E-state index contributed by atoms with van der Waals surface area (Å²) in [6.07, 6.45) is 0. The van der Waals surface area contributed by atoms with E-state index in [4.69, 9.17) is 9.97 Å². The topological polar surface area (TPSA) is 34.0 Å². The molecular formula is C42H28N4. The van der Waals surface area contributed by atoms with Gasteiger partial charge >= 0.3 is 0 Å². The lowest BCUT2D eigenvalue weighted by Gasteiger charge is -2.26. The molecule has 216 valence electrons. The molecule has 9 rings (SSSR count). The molecule has 0 unspecified atom stereocenters. The molecule has 0 N–H and O–H groups in total. The van der Waals surface area contributed by atoms with Gasteiger partial charge in [0, 0.05) is 38.9 Å². The van der Waals surface area contributed by atoms with E-state index in [1.807, 2.05) is 36.4 Å². The van der Waals surface area contributed by atoms with E-state index in [2.05, 4.69) is 143 Å². The standard InChI is InChI=1S/C42H28N4/c1-3-13-29(14-4-1)36-28-37(44-42(43-36)31-15-5-2-6-16-31)30-23-25-33(26-24-30)45-39-21-11-8-18-34(39)35-19-9-12-22-40(35)46-38-20-10-7-17-32(38)27-41(45)46/h1-28H. The Hall–Kier alpha value is -6.26. The minimum atomic E-state index is 0.713. The van der Waals surface area contributed by atoms with Gasteiger partial charge in [-0.2, -0.15) is 0 Å². The Labute approximate surface area is 267 Å². The Morgan fingerprint density at radius 3 is 1.67 bits per heavy atom. The second-order valence-electron chi connectivity index (χ2n) is 11.5. The van der Waals surface area contributed by atoms with Crippen molar-refractivity contribution in [2.75, 3.05) is 4.90 Å². The minimum Gasteiger partial charge on any atom is -0.295 e. The van der Waals surface area contributed by atoms with Gasteiger partial charge in [-0.3, -0.25) is 9.47 Å². The molecule has 0 bridgehead atoms. The van der Waals surface area contributed by atoms with Crippen LogP contribution in [0.2, 0.25) is 0 Å². The van der Waals surface area contributed by atoms with Crippen LogP contribution in [0.25, 0.3) is 61.6 Å². The van der Waals surface area contributed by atoms with E-state index in [0.717, 1.165) is 45.3 Å². The van der Waals surface area contributed by atoms with Crippen LogP contribution in [0.1, 0.15) is 0 Å². The number of hydrogen-bond acceptors (Lipinski definition) is 3. The van der Waals surface area contributed by atoms with Crippen molar-refractivity contribution < 1.29 is 0 Å². The summed E-state index contributed by atoms with van der Waals surface area (Å²) >= 11 is 0. The molecule has 1 aliphatic rings. The number of nitrogens with zero attached hydrogens (tertiary/aromatic N) is 4. The number of rotatable bonds is 4. The fraction of sp³-hybridized carbons (Fsp3) is 0. The summed E-state index contributed by atoms with van der Waals surface area (Å²) in [5, 5.41) is 1.20. The average Bonchev–Trinajstić information content (AvgIpc) is 3.46. The molecule has 0 saturated heterocycles. The van der Waals surface area contributed by atoms with Crippen molar-refractivity contribution in [1.82, 2.24) is 14.5 Å². The van der Waals surface area contributed by atoms with Gasteiger partial charge in [-0.15, -0.1) is 0 Å². The Kier molecular flexibility index (Phi) is 6.10. The second kappa shape index (κ2) is 10.7. The maximum atomic E-state index is 5.06. The zero-order valence-electron chi connectivity index (χ0n) is 25.0. The first kappa shape index (κ1) is 26.2. The van der Waals surface area contributed by atoms with Gasteiger partial charge in [-0.1, -0.05) is 127 Å². The van der Waals surface area contributed by atoms with Gasteiger partial charge in [-0.05, 0) is 42.5 Å². The molecule has 8 aromatic rings. The molecule has 0 spiro atoms. The van der Waals surface area contributed by atoms with Crippen molar-refractivity contribution in [2.24, 2.45) is 0 Å². The molecule has 4 nitrogen and oxygen atoms in total. The van der Waals surface area contributed by atoms with E-state index < -0.39 is 0 Å². The predicted molar refractivity (Wildman–Crippen MR) is 189 cm³/mol. The van der Waals surface area contributed by atoms with Crippen LogP contribution in [0.4, 0.5) is 17.2 Å². The SMILES string of the molecule is c1ccc(-c2cc(-c3ccc(N4c5ccccc5-c5ccccc5-n5c4cc4ccccc45)cc3)nc(-c3ccccc3)n2)cc1. The van der Waals surface area contributed by atoms with Crippen molar-refractivity contribution in [3.8, 4) is 50.7 Å². The molecule has 0 atom stereocenters. The summed E-state index contributed by atoms with van der Waals surface area (Å²) in [5.41, 5.74) is 11.9. The monoisotopic (exact) mass is 588 g/mol. The van der Waals surface area contributed by atoms with Gasteiger partial charge < -0.3 is 0 Å². The van der Waals surface area contributed by atoms with Gasteiger partial charge in [-0.25, -0.2) is 9.97 Å². The highest BCUT2D eigenvalue weighted by Gasteiger charge is 2.27. The molecule has 0 fully saturated rings. The molecule has 0 saturated carbocycles. The van der Waals surface area contributed by atoms with Crippen LogP contribution in [0, 0.1) is 0 Å². The summed E-state index contributed by atoms with van der Waals surface area (Å²) in [6.45, 7) is 0. The largest absolute Gasteiger partial charge is 0.295 e. The van der Waals surface area contributed by atoms with Crippen LogP contribution in [-0.4, -0.2) is 14.5 Å². The van der Waals surface area contributed by atoms with E-state index in [1.165, 1.54) is 27.7 Å². The summed E-state index contributed by atoms with van der Waals surface area (Å²) in [6, 6.07) is 59.7. The fourth-order valence-corrected chi connectivity index (χ4v) is 6.60. The molecule has 0 amide bonds. The summed E-state index contributed by atoms with van der Waals surface area (Å²) in [5.74, 6) is 1.82. The lowest BCUT2D eigenvalue weighted by atomic mass is 10.0. The lowest BCUT2D eigenvalue weighted by Crippen LogP contribution is -2.12. The van der Waals surface area contributed by atoms with Crippen molar-refractivity contribution in [3.63, 3.8) is 0 Å². The van der Waals surface area contributed by atoms with Crippen LogP contribution >= 0.6 is 0 Å². The van der Waals surface area contributed by atoms with Crippen molar-refractivity contribution in [1.29, 1.82) is 0 Å². The second-order valence-corrected chi connectivity index (χ2v) is 11.5. The fourth-order valence-electron chi connectivity index (χ4n) is 6.60. The first-order chi connectivity index (χ1) is 22.8. The third-order valence-corrected chi connectivity index (χ3v) is 8.75. The Morgan fingerprint density at radius 1 is 0.413 bits per heavy atom. The number of para-hydroxylation sites is 3. The summed E-state index contributed by atoms with van der Waals surface area (Å²) < 4.78 is 2.39. The Morgan fingerprint density at radius 2 is 0.957 bits per heavy atom. The smallest absolute Gasteiger partial charge is 0.160 e. The average molecular weight is 589 g/mol. The number of fused-ring (bicyclic) bond motifs is 7. The van der Waals surface area contributed by atoms with E-state index in [-0.39, 0.29) is 0 Å². The minimum absolute atomic E-state index is 0.713. The van der Waals surface area contributed by atoms with Gasteiger partial charge in [0.1, 0.15) is 5.82 Å². The molecule has 46 heavy (non-hydrogen) atoms. The van der Waals surface area contributed by atoms with Gasteiger partial charge in [0.25, 0.3) is 0 Å². The van der Waals surface area contributed by atoms with Crippen LogP contribution in [0.15, 0.2) is 170 Å². The molecule has 0 radical (unpaired) electrons. The highest BCUT2D eigenvalue weighted by atomic mass is 15.3. The molecule has 4 heteroatoms. The van der Waals surface area contributed by atoms with E-state index in [0.29, 0.717) is 5.82 Å². The van der Waals surface area contributed by atoms with Crippen molar-refractivity contribution in [2.45, 2.75) is 0 Å². The molecule has 3 heterocycles. The zero-order valence-corrected chi connectivity index (χ0v) is 25.0. The zero-order chi connectivity index (χ0) is 30.5. The highest BCUT2D eigenvalue weighted by molar-refractivity contribution is 5.99. The summed E-state index contributed by atoms with van der Waals surface area (Å²) in [4.78, 5) is 12.4. The van der Waals surface area contributed by atoms with E-state index >= 15 is 0 Å². The van der Waals surface area contributed by atoms with E-state index in [1.54, 1.807) is 0 Å². The summed E-state index contributed by atoms with van der Waals surface area (Å²) in [7, 11) is 0.